The van der Waals surface area contributed by atoms with Gasteiger partial charge >= 0.3 is 0 Å². The van der Waals surface area contributed by atoms with E-state index in [4.69, 9.17) is 0 Å². The van der Waals surface area contributed by atoms with Gasteiger partial charge in [-0.15, -0.1) is 0 Å². The molecule has 1 aromatic rings. The minimum atomic E-state index is -0.865. The summed E-state index contributed by atoms with van der Waals surface area (Å²) >= 11 is 0. The van der Waals surface area contributed by atoms with Crippen LogP contribution in [-0.4, -0.2) is 28.0 Å². The van der Waals surface area contributed by atoms with Gasteiger partial charge in [0.2, 0.25) is 0 Å². The van der Waals surface area contributed by atoms with Gasteiger partial charge in [0.15, 0.2) is 0 Å². The Morgan fingerprint density at radius 1 is 1.47 bits per heavy atom. The van der Waals surface area contributed by atoms with E-state index < -0.39 is 6.17 Å². The largest absolute Gasteiger partial charge is 0.309 e. The van der Waals surface area contributed by atoms with E-state index in [1.807, 2.05) is 45.4 Å². The molecule has 1 aromatic heterocycles. The van der Waals surface area contributed by atoms with Crippen molar-refractivity contribution in [2.45, 2.75) is 59.3 Å². The maximum absolute atomic E-state index is 13.8. The Morgan fingerprint density at radius 2 is 2.12 bits per heavy atom. The second-order valence-electron chi connectivity index (χ2n) is 5.53. The van der Waals surface area contributed by atoms with Gasteiger partial charge in [0.05, 0.1) is 5.69 Å². The second kappa shape index (κ2) is 5.63. The summed E-state index contributed by atoms with van der Waals surface area (Å²) in [5, 5.41) is 7.50. The molecule has 1 unspecified atom stereocenters. The predicted octanol–water partition coefficient (Wildman–Crippen LogP) is 2.48. The molecule has 1 atom stereocenters. The number of nitrogens with zero attached hydrogens (tertiary/aromatic N) is 2. The van der Waals surface area contributed by atoms with Crippen LogP contribution in [-0.2, 0) is 13.0 Å². The van der Waals surface area contributed by atoms with Crippen LogP contribution >= 0.6 is 0 Å². The van der Waals surface area contributed by atoms with Gasteiger partial charge in [-0.25, -0.2) is 4.39 Å². The van der Waals surface area contributed by atoms with E-state index in [1.165, 1.54) is 0 Å². The van der Waals surface area contributed by atoms with E-state index in [-0.39, 0.29) is 5.54 Å². The van der Waals surface area contributed by atoms with Crippen molar-refractivity contribution in [3.05, 3.63) is 17.5 Å². The molecule has 0 aliphatic rings. The molecule has 0 aliphatic carbocycles. The summed E-state index contributed by atoms with van der Waals surface area (Å²) in [6, 6.07) is 1.97. The first-order valence-electron chi connectivity index (χ1n) is 6.24. The lowest BCUT2D eigenvalue weighted by atomic mass is 10.1. The highest BCUT2D eigenvalue weighted by molar-refractivity contribution is 5.10. The van der Waals surface area contributed by atoms with Gasteiger partial charge in [0, 0.05) is 30.7 Å². The molecule has 0 radical (unpaired) electrons. The van der Waals surface area contributed by atoms with E-state index in [0.29, 0.717) is 13.0 Å². The minimum absolute atomic E-state index is 0.0365. The zero-order valence-electron chi connectivity index (χ0n) is 11.5. The zero-order chi connectivity index (χ0) is 13.1. The maximum atomic E-state index is 13.8. The summed E-state index contributed by atoms with van der Waals surface area (Å²) < 4.78 is 15.7. The molecule has 0 aromatic carbocycles. The number of aryl methyl sites for hydroxylation is 2. The predicted molar refractivity (Wildman–Crippen MR) is 69.0 cm³/mol. The first kappa shape index (κ1) is 14.2. The standard InChI is InChI=1S/C13H24FN3/c1-6-17-12(7-10(2)16-17)8-11(14)9-15-13(3,4)5/h7,11,15H,6,8-9H2,1-5H3. The fraction of sp³-hybridized carbons (Fsp3) is 0.769. The lowest BCUT2D eigenvalue weighted by molar-refractivity contribution is 0.280. The van der Waals surface area contributed by atoms with E-state index in [9.17, 15) is 4.39 Å². The minimum Gasteiger partial charge on any atom is -0.309 e. The average molecular weight is 241 g/mol. The average Bonchev–Trinajstić information content (AvgIpc) is 2.55. The normalized spacial score (nSPS) is 14.0. The molecule has 0 bridgehead atoms. The van der Waals surface area contributed by atoms with Crippen LogP contribution in [0, 0.1) is 6.92 Å². The number of hydrogen-bond donors (Lipinski definition) is 1. The Balaban J connectivity index is 2.52. The Labute approximate surface area is 103 Å². The fourth-order valence-electron chi connectivity index (χ4n) is 1.75. The van der Waals surface area contributed by atoms with E-state index >= 15 is 0 Å². The molecule has 17 heavy (non-hydrogen) atoms. The molecule has 0 fully saturated rings. The number of alkyl halides is 1. The Bertz CT molecular complexity index is 352. The van der Waals surface area contributed by atoms with Gasteiger partial charge in [0.25, 0.3) is 0 Å². The van der Waals surface area contributed by atoms with Crippen molar-refractivity contribution >= 4 is 0 Å². The molecule has 0 aliphatic heterocycles. The third-order valence-corrected chi connectivity index (χ3v) is 2.57. The van der Waals surface area contributed by atoms with Crippen LogP contribution in [0.3, 0.4) is 0 Å². The van der Waals surface area contributed by atoms with E-state index in [1.54, 1.807) is 0 Å². The quantitative estimate of drug-likeness (QED) is 0.858. The van der Waals surface area contributed by atoms with Crippen LogP contribution in [0.15, 0.2) is 6.07 Å². The van der Waals surface area contributed by atoms with Crippen LogP contribution in [0.1, 0.15) is 39.1 Å². The van der Waals surface area contributed by atoms with Crippen molar-refractivity contribution in [3.8, 4) is 0 Å². The Morgan fingerprint density at radius 3 is 2.65 bits per heavy atom. The number of nitrogens with one attached hydrogen (secondary N) is 1. The van der Waals surface area contributed by atoms with Gasteiger partial charge < -0.3 is 5.32 Å². The van der Waals surface area contributed by atoms with Gasteiger partial charge in [0.1, 0.15) is 6.17 Å². The lowest BCUT2D eigenvalue weighted by Gasteiger charge is -2.22. The number of aromatic nitrogens is 2. The number of halogens is 1. The van der Waals surface area contributed by atoms with Crippen LogP contribution in [0.4, 0.5) is 4.39 Å². The molecule has 3 nitrogen and oxygen atoms in total. The van der Waals surface area contributed by atoms with Crippen LogP contribution in [0.2, 0.25) is 0 Å². The molecule has 0 saturated carbocycles. The third kappa shape index (κ3) is 4.86. The van der Waals surface area contributed by atoms with Gasteiger partial charge in [-0.05, 0) is 40.7 Å². The highest BCUT2D eigenvalue weighted by Crippen LogP contribution is 2.09. The van der Waals surface area contributed by atoms with Gasteiger partial charge in [-0.3, -0.25) is 4.68 Å². The molecule has 1 heterocycles. The summed E-state index contributed by atoms with van der Waals surface area (Å²) in [6.07, 6.45) is -0.437. The van der Waals surface area contributed by atoms with Crippen molar-refractivity contribution in [3.63, 3.8) is 0 Å². The summed E-state index contributed by atoms with van der Waals surface area (Å²) in [7, 11) is 0. The Kier molecular flexibility index (Phi) is 4.69. The highest BCUT2D eigenvalue weighted by Gasteiger charge is 2.15. The lowest BCUT2D eigenvalue weighted by Crippen LogP contribution is -2.40. The molecule has 4 heteroatoms. The van der Waals surface area contributed by atoms with Crippen LogP contribution in [0.25, 0.3) is 0 Å². The maximum Gasteiger partial charge on any atom is 0.118 e. The molecular formula is C13H24FN3. The van der Waals surface area contributed by atoms with Crippen LogP contribution in [0.5, 0.6) is 0 Å². The van der Waals surface area contributed by atoms with E-state index in [0.717, 1.165) is 17.9 Å². The molecule has 0 amide bonds. The Hall–Kier alpha value is -0.900. The van der Waals surface area contributed by atoms with Crippen molar-refractivity contribution in [1.82, 2.24) is 15.1 Å². The molecule has 0 spiro atoms. The smallest absolute Gasteiger partial charge is 0.118 e. The molecule has 98 valence electrons. The second-order valence-corrected chi connectivity index (χ2v) is 5.53. The first-order valence-corrected chi connectivity index (χ1v) is 6.24. The molecule has 1 rings (SSSR count). The number of rotatable bonds is 5. The number of hydrogen-bond acceptors (Lipinski definition) is 2. The molecule has 1 N–H and O–H groups in total. The van der Waals surface area contributed by atoms with E-state index in [2.05, 4.69) is 10.4 Å². The summed E-state index contributed by atoms with van der Waals surface area (Å²) in [6.45, 7) is 11.3. The monoisotopic (exact) mass is 241 g/mol. The van der Waals surface area contributed by atoms with Crippen LogP contribution < -0.4 is 5.32 Å². The summed E-state index contributed by atoms with van der Waals surface area (Å²) in [5.74, 6) is 0. The van der Waals surface area contributed by atoms with Crippen molar-refractivity contribution in [1.29, 1.82) is 0 Å². The van der Waals surface area contributed by atoms with Crippen molar-refractivity contribution in [2.75, 3.05) is 6.54 Å². The van der Waals surface area contributed by atoms with Crippen molar-refractivity contribution in [2.24, 2.45) is 0 Å². The topological polar surface area (TPSA) is 29.9 Å². The summed E-state index contributed by atoms with van der Waals surface area (Å²) in [5.41, 5.74) is 1.90. The molecular weight excluding hydrogens is 217 g/mol. The van der Waals surface area contributed by atoms with Gasteiger partial charge in [-0.2, -0.15) is 5.10 Å². The van der Waals surface area contributed by atoms with Crippen molar-refractivity contribution < 1.29 is 4.39 Å². The highest BCUT2D eigenvalue weighted by atomic mass is 19.1. The fourth-order valence-corrected chi connectivity index (χ4v) is 1.75. The third-order valence-electron chi connectivity index (χ3n) is 2.57. The zero-order valence-corrected chi connectivity index (χ0v) is 11.5. The van der Waals surface area contributed by atoms with Gasteiger partial charge in [-0.1, -0.05) is 0 Å². The summed E-state index contributed by atoms with van der Waals surface area (Å²) in [4.78, 5) is 0. The SMILES string of the molecule is CCn1nc(C)cc1CC(F)CNC(C)(C)C. The first-order chi connectivity index (χ1) is 7.81. The molecule has 0 saturated heterocycles.